The second kappa shape index (κ2) is 9.41. The molecule has 0 bridgehead atoms. The van der Waals surface area contributed by atoms with Crippen molar-refractivity contribution in [2.24, 2.45) is 10.2 Å². The van der Waals surface area contributed by atoms with Crippen LogP contribution in [0.3, 0.4) is 0 Å². The van der Waals surface area contributed by atoms with Gasteiger partial charge in [-0.2, -0.15) is 5.10 Å². The molecule has 0 aliphatic carbocycles. The lowest BCUT2D eigenvalue weighted by Crippen LogP contribution is -2.31. The van der Waals surface area contributed by atoms with Crippen molar-refractivity contribution in [3.05, 3.63) is 59.7 Å². The first-order valence-corrected chi connectivity index (χ1v) is 9.88. The molecule has 0 aromatic heterocycles. The highest BCUT2D eigenvalue weighted by molar-refractivity contribution is 8.15. The highest BCUT2D eigenvalue weighted by Gasteiger charge is 2.36. The standard InChI is InChI=1S/C21H23N3O3S/c1-4-19-20(25)24(14-16-7-11-18(27-3)12-8-16)21(28-19)23-22-13-15-5-9-17(26-2)10-6-15/h5-13,19H,4,14H2,1-3H3/b22-13-,23-21-/t19-/m0/s1. The van der Waals surface area contributed by atoms with Gasteiger partial charge in [0.25, 0.3) is 0 Å². The maximum atomic E-state index is 12.7. The summed E-state index contributed by atoms with van der Waals surface area (Å²) in [4.78, 5) is 14.4. The lowest BCUT2D eigenvalue weighted by molar-refractivity contribution is -0.126. The summed E-state index contributed by atoms with van der Waals surface area (Å²) in [7, 11) is 3.26. The van der Waals surface area contributed by atoms with E-state index in [1.807, 2.05) is 55.5 Å². The summed E-state index contributed by atoms with van der Waals surface area (Å²) in [6.45, 7) is 2.47. The predicted molar refractivity (Wildman–Crippen MR) is 113 cm³/mol. The van der Waals surface area contributed by atoms with Crippen molar-refractivity contribution in [3.8, 4) is 11.5 Å². The first kappa shape index (κ1) is 19.9. The summed E-state index contributed by atoms with van der Waals surface area (Å²) >= 11 is 1.46. The lowest BCUT2D eigenvalue weighted by atomic mass is 10.2. The summed E-state index contributed by atoms with van der Waals surface area (Å²) in [5.74, 6) is 1.65. The minimum atomic E-state index is -0.117. The summed E-state index contributed by atoms with van der Waals surface area (Å²) < 4.78 is 10.3. The number of nitrogens with zero attached hydrogens (tertiary/aromatic N) is 3. The molecule has 1 amide bonds. The monoisotopic (exact) mass is 397 g/mol. The van der Waals surface area contributed by atoms with Crippen molar-refractivity contribution in [1.82, 2.24) is 4.90 Å². The zero-order valence-corrected chi connectivity index (χ0v) is 17.0. The Hall–Kier alpha value is -2.80. The largest absolute Gasteiger partial charge is 0.497 e. The first-order valence-electron chi connectivity index (χ1n) is 9.00. The van der Waals surface area contributed by atoms with Crippen LogP contribution in [0.25, 0.3) is 0 Å². The Bertz CT molecular complexity index is 863. The normalized spacial score (nSPS) is 18.2. The van der Waals surface area contributed by atoms with E-state index >= 15 is 0 Å². The maximum Gasteiger partial charge on any atom is 0.242 e. The van der Waals surface area contributed by atoms with Crippen molar-refractivity contribution >= 4 is 29.1 Å². The van der Waals surface area contributed by atoms with E-state index in [0.29, 0.717) is 11.7 Å². The number of hydrogen-bond donors (Lipinski definition) is 0. The van der Waals surface area contributed by atoms with E-state index in [0.717, 1.165) is 29.0 Å². The van der Waals surface area contributed by atoms with Gasteiger partial charge in [-0.15, -0.1) is 5.10 Å². The number of benzene rings is 2. The van der Waals surface area contributed by atoms with Crippen LogP contribution in [0.2, 0.25) is 0 Å². The third kappa shape index (κ3) is 4.72. The minimum Gasteiger partial charge on any atom is -0.497 e. The molecule has 7 heteroatoms. The Balaban J connectivity index is 1.76. The number of thioether (sulfide) groups is 1. The molecule has 146 valence electrons. The second-order valence-corrected chi connectivity index (χ2v) is 7.36. The molecule has 6 nitrogen and oxygen atoms in total. The molecule has 3 rings (SSSR count). The number of carbonyl (C=O) groups excluding carboxylic acids is 1. The van der Waals surface area contributed by atoms with Gasteiger partial charge in [0.1, 0.15) is 11.5 Å². The van der Waals surface area contributed by atoms with Gasteiger partial charge in [0.2, 0.25) is 5.91 Å². The molecule has 28 heavy (non-hydrogen) atoms. The van der Waals surface area contributed by atoms with Crippen LogP contribution in [0.4, 0.5) is 0 Å². The lowest BCUT2D eigenvalue weighted by Gasteiger charge is -2.16. The molecule has 1 heterocycles. The number of hydrogen-bond acceptors (Lipinski definition) is 6. The van der Waals surface area contributed by atoms with Crippen LogP contribution < -0.4 is 9.47 Å². The van der Waals surface area contributed by atoms with Crippen molar-refractivity contribution in [2.75, 3.05) is 14.2 Å². The summed E-state index contributed by atoms with van der Waals surface area (Å²) in [5.41, 5.74) is 1.92. The third-order valence-electron chi connectivity index (χ3n) is 4.36. The van der Waals surface area contributed by atoms with Crippen LogP contribution in [-0.4, -0.2) is 41.7 Å². The topological polar surface area (TPSA) is 63.5 Å². The fourth-order valence-electron chi connectivity index (χ4n) is 2.74. The predicted octanol–water partition coefficient (Wildman–Crippen LogP) is 3.95. The van der Waals surface area contributed by atoms with Crippen molar-refractivity contribution < 1.29 is 14.3 Å². The number of amides is 1. The van der Waals surface area contributed by atoms with E-state index in [2.05, 4.69) is 10.2 Å². The molecule has 1 saturated heterocycles. The molecule has 2 aromatic carbocycles. The average Bonchev–Trinajstić information content (AvgIpc) is 3.04. The highest BCUT2D eigenvalue weighted by Crippen LogP contribution is 2.31. The van der Waals surface area contributed by atoms with Crippen LogP contribution in [0.15, 0.2) is 58.7 Å². The molecular formula is C21H23N3O3S. The molecule has 1 aliphatic heterocycles. The van der Waals surface area contributed by atoms with E-state index in [9.17, 15) is 4.79 Å². The van der Waals surface area contributed by atoms with Crippen molar-refractivity contribution in [3.63, 3.8) is 0 Å². The van der Waals surface area contributed by atoms with Crippen LogP contribution >= 0.6 is 11.8 Å². The SMILES string of the molecule is CC[C@@H]1S/C(=N\N=C/c2ccc(OC)cc2)N(Cc2ccc(OC)cc2)C1=O. The van der Waals surface area contributed by atoms with Crippen LogP contribution in [0, 0.1) is 0 Å². The minimum absolute atomic E-state index is 0.0710. The fourth-order valence-corrected chi connectivity index (χ4v) is 3.76. The Morgan fingerprint density at radius 3 is 2.21 bits per heavy atom. The molecule has 0 saturated carbocycles. The van der Waals surface area contributed by atoms with Gasteiger partial charge in [-0.25, -0.2) is 0 Å². The summed E-state index contributed by atoms with van der Waals surface area (Å²) in [5, 5.41) is 9.01. The zero-order chi connectivity index (χ0) is 19.9. The Labute approximate surface area is 169 Å². The van der Waals surface area contributed by atoms with Crippen molar-refractivity contribution in [1.29, 1.82) is 0 Å². The maximum absolute atomic E-state index is 12.7. The molecular weight excluding hydrogens is 374 g/mol. The van der Waals surface area contributed by atoms with E-state index in [4.69, 9.17) is 9.47 Å². The molecule has 1 atom stereocenters. The van der Waals surface area contributed by atoms with Gasteiger partial charge in [0.15, 0.2) is 5.17 Å². The molecule has 1 fully saturated rings. The number of carbonyl (C=O) groups is 1. The van der Waals surface area contributed by atoms with Gasteiger partial charge in [-0.05, 0) is 53.9 Å². The Morgan fingerprint density at radius 2 is 1.64 bits per heavy atom. The van der Waals surface area contributed by atoms with Gasteiger partial charge in [-0.1, -0.05) is 30.8 Å². The Kier molecular flexibility index (Phi) is 6.71. The van der Waals surface area contributed by atoms with E-state index in [1.54, 1.807) is 25.3 Å². The van der Waals surface area contributed by atoms with Gasteiger partial charge in [0, 0.05) is 0 Å². The zero-order valence-electron chi connectivity index (χ0n) is 16.2. The van der Waals surface area contributed by atoms with E-state index in [1.165, 1.54) is 11.8 Å². The summed E-state index contributed by atoms with van der Waals surface area (Å²) in [6.07, 6.45) is 2.42. The van der Waals surface area contributed by atoms with Gasteiger partial charge < -0.3 is 9.47 Å². The van der Waals surface area contributed by atoms with Crippen LogP contribution in [0.1, 0.15) is 24.5 Å². The third-order valence-corrected chi connectivity index (χ3v) is 5.69. The number of amidine groups is 1. The van der Waals surface area contributed by atoms with E-state index in [-0.39, 0.29) is 11.2 Å². The van der Waals surface area contributed by atoms with Crippen molar-refractivity contribution in [2.45, 2.75) is 25.1 Å². The highest BCUT2D eigenvalue weighted by atomic mass is 32.2. The van der Waals surface area contributed by atoms with Crippen LogP contribution in [-0.2, 0) is 11.3 Å². The molecule has 2 aromatic rings. The fraction of sp³-hybridized carbons (Fsp3) is 0.286. The Morgan fingerprint density at radius 1 is 1.04 bits per heavy atom. The van der Waals surface area contributed by atoms with Crippen LogP contribution in [0.5, 0.6) is 11.5 Å². The van der Waals surface area contributed by atoms with Gasteiger partial charge in [-0.3, -0.25) is 9.69 Å². The first-order chi connectivity index (χ1) is 13.6. The molecule has 0 N–H and O–H groups in total. The quantitative estimate of drug-likeness (QED) is 0.524. The van der Waals surface area contributed by atoms with E-state index < -0.39 is 0 Å². The number of methoxy groups -OCH3 is 2. The molecule has 0 unspecified atom stereocenters. The smallest absolute Gasteiger partial charge is 0.242 e. The summed E-state index contributed by atoms with van der Waals surface area (Å²) in [6, 6.07) is 15.2. The van der Waals surface area contributed by atoms with Gasteiger partial charge in [0.05, 0.1) is 32.2 Å². The molecule has 1 aliphatic rings. The number of ether oxygens (including phenoxy) is 2. The second-order valence-electron chi connectivity index (χ2n) is 6.19. The molecule has 0 radical (unpaired) electrons. The number of rotatable bonds is 7. The van der Waals surface area contributed by atoms with Gasteiger partial charge >= 0.3 is 0 Å². The average molecular weight is 398 g/mol. The molecule has 0 spiro atoms.